The van der Waals surface area contributed by atoms with E-state index in [1.54, 1.807) is 12.3 Å². The molecule has 2 unspecified atom stereocenters. The van der Waals surface area contributed by atoms with Crippen LogP contribution in [-0.4, -0.2) is 178 Å². The van der Waals surface area contributed by atoms with Gasteiger partial charge in [0.2, 0.25) is 5.91 Å². The predicted octanol–water partition coefficient (Wildman–Crippen LogP) is 7.17. The van der Waals surface area contributed by atoms with Crippen molar-refractivity contribution < 1.29 is 47.5 Å². The summed E-state index contributed by atoms with van der Waals surface area (Å²) in [5.41, 5.74) is 2.44. The molecule has 0 spiro atoms. The number of H-pyrrole nitrogens is 1. The minimum atomic E-state index is -0.743. The number of terminal acetylenes is 1. The first-order valence-corrected chi connectivity index (χ1v) is 28.9. The first kappa shape index (κ1) is 55.5. The number of carbonyl (C=O) groups is 1. The molecule has 82 heavy (non-hydrogen) atoms. The predicted molar refractivity (Wildman–Crippen MR) is 305 cm³/mol. The second-order valence-electron chi connectivity index (χ2n) is 21.9. The van der Waals surface area contributed by atoms with Gasteiger partial charge < -0.3 is 59.3 Å². The van der Waals surface area contributed by atoms with Crippen LogP contribution in [0.3, 0.4) is 0 Å². The Morgan fingerprint density at radius 1 is 0.854 bits per heavy atom. The Hall–Kier alpha value is -7.03. The molecule has 9 heterocycles. The first-order chi connectivity index (χ1) is 40.0. The van der Waals surface area contributed by atoms with Gasteiger partial charge in [0.25, 0.3) is 6.01 Å². The number of nitrogens with one attached hydrogen (secondary N) is 3. The molecule has 5 fully saturated rings. The maximum atomic E-state index is 17.0. The molecule has 19 nitrogen and oxygen atoms in total. The molecule has 2 bridgehead atoms. The molecule has 0 aliphatic carbocycles. The number of nitrogens with zero attached hydrogens (tertiary/aromatic N) is 8. The summed E-state index contributed by atoms with van der Waals surface area (Å²) in [6, 6.07) is 15.6. The minimum absolute atomic E-state index is 0.0232. The standard InChI is InChI=1S/C60H66ClF2N11O8/c1-2-41-45(62)17-12-36-27-39(75)28-42(50(36)41)53-51(63)54-43(30-65-53)58(74-31-37-13-14-38(32-74)66-37)71-59(69-54)79-26-24-73-22-20-72(21-23-73)19-8-6-4-3-5-7-9-49(77)64-18-25-78-40-15-10-35(11-16-40)52-44(61)29-46-57(68-52)70-60(67-46)82-48-34-81-55-47(76)33-80-56(48)55/h1,10-12,15-17,27-30,37-38,47-48,55-56,66,75-76H,3-9,13-14,18-26,31-34H2,(H,64,77)(H,67,68,70)/t37?,38?,47-,48-,55-,56-/m1/s1. The third-order valence-electron chi connectivity index (χ3n) is 16.3. The van der Waals surface area contributed by atoms with E-state index in [4.69, 9.17) is 46.7 Å². The lowest BCUT2D eigenvalue weighted by Gasteiger charge is -2.35. The number of rotatable bonds is 22. The number of aromatic hydroxyl groups is 1. The van der Waals surface area contributed by atoms with Gasteiger partial charge in [-0.2, -0.15) is 15.0 Å². The third-order valence-corrected chi connectivity index (χ3v) is 16.6. The lowest BCUT2D eigenvalue weighted by atomic mass is 9.96. The maximum Gasteiger partial charge on any atom is 0.319 e. The quantitative estimate of drug-likeness (QED) is 0.0336. The molecule has 5 aliphatic heterocycles. The highest BCUT2D eigenvalue weighted by Crippen LogP contribution is 2.40. The summed E-state index contributed by atoms with van der Waals surface area (Å²) in [4.78, 5) is 45.9. The number of phenols is 1. The molecule has 5 aliphatic rings. The molecular formula is C60H66ClF2N11O8. The zero-order valence-electron chi connectivity index (χ0n) is 45.4. The Morgan fingerprint density at radius 2 is 1.61 bits per heavy atom. The van der Waals surface area contributed by atoms with Crippen molar-refractivity contribution >= 4 is 56.2 Å². The van der Waals surface area contributed by atoms with Crippen LogP contribution in [0.25, 0.3) is 55.4 Å². The molecular weight excluding hydrogens is 1080 g/mol. The first-order valence-electron chi connectivity index (χ1n) is 28.5. The Labute approximate surface area is 478 Å². The van der Waals surface area contributed by atoms with Crippen molar-refractivity contribution in [3.05, 3.63) is 83.0 Å². The number of fused-ring (bicyclic) bond motifs is 6. The van der Waals surface area contributed by atoms with Gasteiger partial charge in [-0.15, -0.1) is 6.42 Å². The van der Waals surface area contributed by atoms with Gasteiger partial charge >= 0.3 is 6.01 Å². The number of piperazine rings is 2. The van der Waals surface area contributed by atoms with Crippen LogP contribution < -0.4 is 29.7 Å². The highest BCUT2D eigenvalue weighted by atomic mass is 35.5. The van der Waals surface area contributed by atoms with Gasteiger partial charge in [-0.25, -0.2) is 13.8 Å². The normalized spacial score (nSPS) is 21.8. The molecule has 4 aromatic heterocycles. The number of carbonyl (C=O) groups excluding carboxylic acids is 1. The Kier molecular flexibility index (Phi) is 16.8. The van der Waals surface area contributed by atoms with Gasteiger partial charge in [0.15, 0.2) is 17.6 Å². The Morgan fingerprint density at radius 3 is 2.40 bits per heavy atom. The summed E-state index contributed by atoms with van der Waals surface area (Å²) in [6.45, 7) is 8.39. The van der Waals surface area contributed by atoms with Gasteiger partial charge in [0, 0.05) is 87.0 Å². The molecule has 6 atom stereocenters. The van der Waals surface area contributed by atoms with Gasteiger partial charge in [-0.05, 0) is 86.1 Å². The van der Waals surface area contributed by atoms with Crippen molar-refractivity contribution in [2.24, 2.45) is 0 Å². The Balaban J connectivity index is 0.537. The molecule has 0 radical (unpaired) electrons. The average Bonchev–Trinajstić information content (AvgIpc) is 3.46. The van der Waals surface area contributed by atoms with Crippen molar-refractivity contribution in [3.8, 4) is 58.4 Å². The molecule has 12 rings (SSSR count). The molecule has 22 heteroatoms. The minimum Gasteiger partial charge on any atom is -0.508 e. The van der Waals surface area contributed by atoms with Crippen molar-refractivity contribution in [1.82, 2.24) is 50.3 Å². The number of aromatic nitrogens is 6. The fourth-order valence-corrected chi connectivity index (χ4v) is 12.3. The van der Waals surface area contributed by atoms with E-state index < -0.39 is 29.9 Å². The number of amides is 1. The van der Waals surface area contributed by atoms with Crippen molar-refractivity contribution in [2.75, 3.05) is 90.2 Å². The second-order valence-corrected chi connectivity index (χ2v) is 22.3. The van der Waals surface area contributed by atoms with E-state index in [-0.39, 0.29) is 70.7 Å². The number of aliphatic hydroxyl groups excluding tert-OH is 1. The van der Waals surface area contributed by atoms with Crippen molar-refractivity contribution in [1.29, 1.82) is 0 Å². The van der Waals surface area contributed by atoms with E-state index >= 15 is 4.39 Å². The van der Waals surface area contributed by atoms with Gasteiger partial charge in [0.1, 0.15) is 65.9 Å². The van der Waals surface area contributed by atoms with Crippen molar-refractivity contribution in [2.45, 2.75) is 94.3 Å². The van der Waals surface area contributed by atoms with E-state index in [2.05, 4.69) is 56.2 Å². The fraction of sp³-hybridized carbons (Fsp3) is 0.467. The number of halogens is 3. The number of hydrogen-bond acceptors (Lipinski definition) is 17. The van der Waals surface area contributed by atoms with Crippen LogP contribution in [-0.2, 0) is 14.3 Å². The Bertz CT molecular complexity index is 3480. The molecule has 430 valence electrons. The summed E-state index contributed by atoms with van der Waals surface area (Å²) < 4.78 is 61.4. The number of imidazole rings is 1. The van der Waals surface area contributed by atoms with Crippen LogP contribution in [0.15, 0.2) is 60.8 Å². The second kappa shape index (κ2) is 24.8. The van der Waals surface area contributed by atoms with Gasteiger partial charge in [0.05, 0.1) is 46.9 Å². The average molecular weight is 1140 g/mol. The van der Waals surface area contributed by atoms with E-state index in [0.717, 1.165) is 89.7 Å². The SMILES string of the molecule is C#Cc1c(F)ccc2cc(O)cc(-c3ncc4c(N5CC6CCC(C5)N6)nc(OCCN5CCN(CCCCCCCCC(=O)NCCOc6ccc(-c7nc8nc(O[C@@H]9CO[C@H]%10[C@@H]9OC[C@H]%10O)[nH]c8cc7Cl)cc6)CC5)nc4c3F)c12. The lowest BCUT2D eigenvalue weighted by Crippen LogP contribution is -2.51. The summed E-state index contributed by atoms with van der Waals surface area (Å²) in [5, 5.41) is 28.9. The number of unbranched alkanes of at least 4 members (excludes halogenated alkanes) is 5. The van der Waals surface area contributed by atoms with Gasteiger partial charge in [-0.1, -0.05) is 49.3 Å². The van der Waals surface area contributed by atoms with Crippen molar-refractivity contribution in [3.63, 3.8) is 0 Å². The molecule has 1 amide bonds. The summed E-state index contributed by atoms with van der Waals surface area (Å²) >= 11 is 6.65. The molecule has 7 aromatic rings. The van der Waals surface area contributed by atoms with E-state index in [9.17, 15) is 19.4 Å². The number of aromatic amines is 1. The van der Waals surface area contributed by atoms with Crippen LogP contribution >= 0.6 is 11.6 Å². The third kappa shape index (κ3) is 12.2. The van der Waals surface area contributed by atoms with E-state index in [1.165, 1.54) is 24.3 Å². The van der Waals surface area contributed by atoms with Crippen LogP contribution in [0.1, 0.15) is 63.4 Å². The summed E-state index contributed by atoms with van der Waals surface area (Å²) in [6.07, 6.45) is 14.4. The number of pyridine rings is 2. The molecule has 5 saturated heterocycles. The number of aliphatic hydroxyl groups is 1. The number of hydrogen-bond donors (Lipinski definition) is 5. The van der Waals surface area contributed by atoms with Crippen LogP contribution in [0.2, 0.25) is 5.02 Å². The van der Waals surface area contributed by atoms with E-state index in [1.807, 2.05) is 24.3 Å². The highest BCUT2D eigenvalue weighted by molar-refractivity contribution is 6.33. The van der Waals surface area contributed by atoms with Gasteiger partial charge in [-0.3, -0.25) is 14.7 Å². The maximum absolute atomic E-state index is 17.0. The number of ether oxygens (including phenoxy) is 5. The number of phenolic OH excluding ortho intramolecular Hbond substituents is 1. The fourth-order valence-electron chi connectivity index (χ4n) is 12.1. The summed E-state index contributed by atoms with van der Waals surface area (Å²) in [5.74, 6) is 2.13. The lowest BCUT2D eigenvalue weighted by molar-refractivity contribution is -0.121. The summed E-state index contributed by atoms with van der Waals surface area (Å²) in [7, 11) is 0. The zero-order chi connectivity index (χ0) is 56.3. The highest BCUT2D eigenvalue weighted by Gasteiger charge is 2.49. The van der Waals surface area contributed by atoms with E-state index in [0.29, 0.717) is 102 Å². The van der Waals surface area contributed by atoms with Crippen LogP contribution in [0.4, 0.5) is 14.6 Å². The monoisotopic (exact) mass is 1140 g/mol. The van der Waals surface area contributed by atoms with Crippen LogP contribution in [0, 0.1) is 24.0 Å². The molecule has 3 aromatic carbocycles. The molecule has 0 saturated carbocycles. The topological polar surface area (TPSA) is 218 Å². The van der Waals surface area contributed by atoms with Crippen LogP contribution in [0.5, 0.6) is 23.5 Å². The largest absolute Gasteiger partial charge is 0.508 e. The number of benzene rings is 3. The molecule has 5 N–H and O–H groups in total. The number of anilines is 1. The smallest absolute Gasteiger partial charge is 0.319 e. The zero-order valence-corrected chi connectivity index (χ0v) is 46.2.